The SMILES string of the molecule is Cc1ccc(Br)cc1Oc1nccc(C)c1N. The number of rotatable bonds is 2. The van der Waals surface area contributed by atoms with Gasteiger partial charge in [0, 0.05) is 10.7 Å². The van der Waals surface area contributed by atoms with Crippen molar-refractivity contribution in [3.8, 4) is 11.6 Å². The second kappa shape index (κ2) is 4.75. The molecule has 0 aliphatic heterocycles. The third-order valence-electron chi connectivity index (χ3n) is 2.53. The molecular formula is C13H13BrN2O. The van der Waals surface area contributed by atoms with Crippen LogP contribution in [0.3, 0.4) is 0 Å². The second-order valence-electron chi connectivity index (χ2n) is 3.86. The summed E-state index contributed by atoms with van der Waals surface area (Å²) in [5.74, 6) is 1.20. The lowest BCUT2D eigenvalue weighted by Crippen LogP contribution is -1.98. The first-order valence-corrected chi connectivity index (χ1v) is 6.02. The van der Waals surface area contributed by atoms with E-state index >= 15 is 0 Å². The number of anilines is 1. The van der Waals surface area contributed by atoms with Crippen LogP contribution in [0.15, 0.2) is 34.9 Å². The Labute approximate surface area is 109 Å². The molecule has 1 heterocycles. The molecular weight excluding hydrogens is 280 g/mol. The van der Waals surface area contributed by atoms with Crippen LogP contribution in [0.2, 0.25) is 0 Å². The summed E-state index contributed by atoms with van der Waals surface area (Å²) in [7, 11) is 0. The van der Waals surface area contributed by atoms with E-state index in [4.69, 9.17) is 10.5 Å². The van der Waals surface area contributed by atoms with Gasteiger partial charge in [-0.2, -0.15) is 0 Å². The average Bonchev–Trinajstić information content (AvgIpc) is 2.30. The summed E-state index contributed by atoms with van der Waals surface area (Å²) in [6.07, 6.45) is 1.69. The van der Waals surface area contributed by atoms with Crippen molar-refractivity contribution in [1.29, 1.82) is 0 Å². The number of hydrogen-bond donors (Lipinski definition) is 1. The molecule has 4 heteroatoms. The van der Waals surface area contributed by atoms with Crippen LogP contribution in [0.5, 0.6) is 11.6 Å². The monoisotopic (exact) mass is 292 g/mol. The molecule has 17 heavy (non-hydrogen) atoms. The number of nitrogens with zero attached hydrogens (tertiary/aromatic N) is 1. The molecule has 0 radical (unpaired) electrons. The number of halogens is 1. The highest BCUT2D eigenvalue weighted by Gasteiger charge is 2.08. The van der Waals surface area contributed by atoms with Gasteiger partial charge in [0.2, 0.25) is 5.88 Å². The van der Waals surface area contributed by atoms with Crippen LogP contribution in [0.25, 0.3) is 0 Å². The van der Waals surface area contributed by atoms with Crippen LogP contribution >= 0.6 is 15.9 Å². The molecule has 0 saturated carbocycles. The van der Waals surface area contributed by atoms with E-state index in [1.807, 2.05) is 38.1 Å². The smallest absolute Gasteiger partial charge is 0.242 e. The second-order valence-corrected chi connectivity index (χ2v) is 4.77. The van der Waals surface area contributed by atoms with Crippen molar-refractivity contribution in [2.45, 2.75) is 13.8 Å². The van der Waals surface area contributed by atoms with Gasteiger partial charge in [0.05, 0.1) is 5.69 Å². The minimum absolute atomic E-state index is 0.450. The summed E-state index contributed by atoms with van der Waals surface area (Å²) in [6, 6.07) is 7.70. The molecule has 2 aromatic rings. The highest BCUT2D eigenvalue weighted by Crippen LogP contribution is 2.30. The van der Waals surface area contributed by atoms with E-state index in [9.17, 15) is 0 Å². The number of aryl methyl sites for hydroxylation is 2. The van der Waals surface area contributed by atoms with Gasteiger partial charge in [-0.3, -0.25) is 0 Å². The molecule has 0 unspecified atom stereocenters. The molecule has 0 aliphatic carbocycles. The Morgan fingerprint density at radius 2 is 1.94 bits per heavy atom. The molecule has 3 nitrogen and oxygen atoms in total. The lowest BCUT2D eigenvalue weighted by atomic mass is 10.2. The van der Waals surface area contributed by atoms with E-state index in [2.05, 4.69) is 20.9 Å². The Bertz CT molecular complexity index is 555. The predicted molar refractivity (Wildman–Crippen MR) is 72.3 cm³/mol. The normalized spacial score (nSPS) is 10.3. The minimum Gasteiger partial charge on any atom is -0.437 e. The van der Waals surface area contributed by atoms with Gasteiger partial charge in [0.1, 0.15) is 5.75 Å². The van der Waals surface area contributed by atoms with E-state index < -0.39 is 0 Å². The fourth-order valence-corrected chi connectivity index (χ4v) is 1.75. The fourth-order valence-electron chi connectivity index (χ4n) is 1.41. The van der Waals surface area contributed by atoms with Crippen LogP contribution in [-0.4, -0.2) is 4.98 Å². The molecule has 0 amide bonds. The predicted octanol–water partition coefficient (Wildman–Crippen LogP) is 3.84. The molecule has 0 atom stereocenters. The summed E-state index contributed by atoms with van der Waals surface area (Å²) in [5, 5.41) is 0. The first-order valence-electron chi connectivity index (χ1n) is 5.23. The van der Waals surface area contributed by atoms with Crippen LogP contribution in [0.4, 0.5) is 5.69 Å². The molecule has 0 aliphatic rings. The molecule has 2 N–H and O–H groups in total. The van der Waals surface area contributed by atoms with Gasteiger partial charge >= 0.3 is 0 Å². The van der Waals surface area contributed by atoms with Crippen LogP contribution in [-0.2, 0) is 0 Å². The average molecular weight is 293 g/mol. The van der Waals surface area contributed by atoms with Gasteiger partial charge in [-0.15, -0.1) is 0 Å². The lowest BCUT2D eigenvalue weighted by Gasteiger charge is -2.11. The van der Waals surface area contributed by atoms with Gasteiger partial charge in [-0.25, -0.2) is 4.98 Å². The summed E-state index contributed by atoms with van der Waals surface area (Å²) in [5.41, 5.74) is 8.49. The Kier molecular flexibility index (Phi) is 3.33. The number of pyridine rings is 1. The highest BCUT2D eigenvalue weighted by molar-refractivity contribution is 9.10. The van der Waals surface area contributed by atoms with Crippen LogP contribution in [0, 0.1) is 13.8 Å². The standard InChI is InChI=1S/C13H13BrN2O/c1-8-3-4-10(14)7-11(8)17-13-12(15)9(2)5-6-16-13/h3-7H,15H2,1-2H3. The van der Waals surface area contributed by atoms with E-state index in [-0.39, 0.29) is 0 Å². The third-order valence-corrected chi connectivity index (χ3v) is 3.02. The molecule has 1 aromatic heterocycles. The van der Waals surface area contributed by atoms with Gasteiger partial charge in [0.15, 0.2) is 0 Å². The van der Waals surface area contributed by atoms with E-state index in [1.54, 1.807) is 6.20 Å². The summed E-state index contributed by atoms with van der Waals surface area (Å²) in [6.45, 7) is 3.91. The number of benzene rings is 1. The topological polar surface area (TPSA) is 48.1 Å². The number of nitrogen functional groups attached to an aromatic ring is 1. The maximum absolute atomic E-state index is 5.92. The van der Waals surface area contributed by atoms with Gasteiger partial charge in [-0.1, -0.05) is 22.0 Å². The van der Waals surface area contributed by atoms with Crippen molar-refractivity contribution in [2.24, 2.45) is 0 Å². The molecule has 0 bridgehead atoms. The number of nitrogens with two attached hydrogens (primary N) is 1. The quantitative estimate of drug-likeness (QED) is 0.915. The Morgan fingerprint density at radius 3 is 2.71 bits per heavy atom. The summed E-state index contributed by atoms with van der Waals surface area (Å²) < 4.78 is 6.70. The first-order chi connectivity index (χ1) is 8.08. The van der Waals surface area contributed by atoms with Crippen molar-refractivity contribution in [3.63, 3.8) is 0 Å². The first kappa shape index (κ1) is 11.9. The van der Waals surface area contributed by atoms with Gasteiger partial charge in [0.25, 0.3) is 0 Å². The Hall–Kier alpha value is -1.55. The maximum atomic E-state index is 5.92. The minimum atomic E-state index is 0.450. The molecule has 0 fully saturated rings. The van der Waals surface area contributed by atoms with E-state index in [0.29, 0.717) is 11.6 Å². The van der Waals surface area contributed by atoms with Gasteiger partial charge < -0.3 is 10.5 Å². The summed E-state index contributed by atoms with van der Waals surface area (Å²) in [4.78, 5) is 4.14. The van der Waals surface area contributed by atoms with E-state index in [1.165, 1.54) is 0 Å². The maximum Gasteiger partial charge on any atom is 0.242 e. The lowest BCUT2D eigenvalue weighted by molar-refractivity contribution is 0.461. The van der Waals surface area contributed by atoms with E-state index in [0.717, 1.165) is 21.3 Å². The fraction of sp³-hybridized carbons (Fsp3) is 0.154. The largest absolute Gasteiger partial charge is 0.437 e. The molecule has 1 aromatic carbocycles. The van der Waals surface area contributed by atoms with Gasteiger partial charge in [-0.05, 0) is 43.2 Å². The molecule has 0 spiro atoms. The highest BCUT2D eigenvalue weighted by atomic mass is 79.9. The van der Waals surface area contributed by atoms with Crippen molar-refractivity contribution in [1.82, 2.24) is 4.98 Å². The van der Waals surface area contributed by atoms with Crippen LogP contribution in [0.1, 0.15) is 11.1 Å². The zero-order chi connectivity index (χ0) is 12.4. The van der Waals surface area contributed by atoms with Crippen molar-refractivity contribution in [2.75, 3.05) is 5.73 Å². The third kappa shape index (κ3) is 2.58. The Balaban J connectivity index is 2.38. The molecule has 2 rings (SSSR count). The van der Waals surface area contributed by atoms with Crippen molar-refractivity contribution < 1.29 is 4.74 Å². The zero-order valence-corrected chi connectivity index (χ0v) is 11.3. The van der Waals surface area contributed by atoms with Crippen molar-refractivity contribution in [3.05, 3.63) is 46.1 Å². The number of aromatic nitrogens is 1. The number of ether oxygens (including phenoxy) is 1. The van der Waals surface area contributed by atoms with Crippen molar-refractivity contribution >= 4 is 21.6 Å². The molecule has 0 saturated heterocycles. The number of hydrogen-bond acceptors (Lipinski definition) is 3. The molecule has 88 valence electrons. The summed E-state index contributed by atoms with van der Waals surface area (Å²) >= 11 is 3.41. The Morgan fingerprint density at radius 1 is 1.18 bits per heavy atom. The zero-order valence-electron chi connectivity index (χ0n) is 9.70. The van der Waals surface area contributed by atoms with Crippen LogP contribution < -0.4 is 10.5 Å².